The number of rotatable bonds is 7. The van der Waals surface area contributed by atoms with Gasteiger partial charge in [-0.2, -0.15) is 4.68 Å². The predicted octanol–water partition coefficient (Wildman–Crippen LogP) is 1.29. The number of benzene rings is 1. The van der Waals surface area contributed by atoms with Crippen molar-refractivity contribution in [3.63, 3.8) is 0 Å². The van der Waals surface area contributed by atoms with Crippen LogP contribution in [0.1, 0.15) is 12.8 Å². The van der Waals surface area contributed by atoms with Crippen LogP contribution in [-0.2, 0) is 4.79 Å². The van der Waals surface area contributed by atoms with Gasteiger partial charge in [-0.3, -0.25) is 4.79 Å². The smallest absolute Gasteiger partial charge is 0.230 e. The maximum atomic E-state index is 11.8. The van der Waals surface area contributed by atoms with E-state index in [-0.39, 0.29) is 5.91 Å². The fourth-order valence-electron chi connectivity index (χ4n) is 1.99. The van der Waals surface area contributed by atoms with Crippen LogP contribution in [0.5, 0.6) is 5.75 Å². The lowest BCUT2D eigenvalue weighted by atomic mass is 10.3. The molecule has 1 aliphatic carbocycles. The molecule has 0 spiro atoms. The van der Waals surface area contributed by atoms with Crippen LogP contribution in [-0.4, -0.2) is 45.5 Å². The molecule has 8 heteroatoms. The summed E-state index contributed by atoms with van der Waals surface area (Å²) in [6, 6.07) is 7.47. The average molecular weight is 319 g/mol. The molecule has 1 heterocycles. The summed E-state index contributed by atoms with van der Waals surface area (Å²) in [5, 5.41) is 15.1. The molecule has 2 aromatic rings. The van der Waals surface area contributed by atoms with E-state index in [1.54, 1.807) is 11.8 Å². The Balaban J connectivity index is 1.65. The first-order valence-corrected chi connectivity index (χ1v) is 8.07. The van der Waals surface area contributed by atoms with Crippen molar-refractivity contribution >= 4 is 17.7 Å². The van der Waals surface area contributed by atoms with Gasteiger partial charge >= 0.3 is 0 Å². The summed E-state index contributed by atoms with van der Waals surface area (Å²) in [7, 11) is 1.60. The van der Waals surface area contributed by atoms with Gasteiger partial charge in [-0.25, -0.2) is 0 Å². The predicted molar refractivity (Wildman–Crippen MR) is 82.2 cm³/mol. The van der Waals surface area contributed by atoms with Gasteiger partial charge in [0.05, 0.1) is 12.9 Å². The Morgan fingerprint density at radius 3 is 3.05 bits per heavy atom. The van der Waals surface area contributed by atoms with Crippen molar-refractivity contribution in [2.75, 3.05) is 19.4 Å². The topological polar surface area (TPSA) is 81.9 Å². The van der Waals surface area contributed by atoms with E-state index >= 15 is 0 Å². The average Bonchev–Trinajstić information content (AvgIpc) is 3.27. The Labute approximate surface area is 132 Å². The second-order valence-electron chi connectivity index (χ2n) is 5.08. The van der Waals surface area contributed by atoms with Gasteiger partial charge < -0.3 is 10.1 Å². The van der Waals surface area contributed by atoms with E-state index in [1.807, 2.05) is 24.3 Å². The van der Waals surface area contributed by atoms with Gasteiger partial charge in [-0.15, -0.1) is 5.10 Å². The summed E-state index contributed by atoms with van der Waals surface area (Å²) in [4.78, 5) is 11.8. The van der Waals surface area contributed by atoms with Crippen molar-refractivity contribution in [1.82, 2.24) is 25.5 Å². The van der Waals surface area contributed by atoms with E-state index in [0.29, 0.717) is 22.6 Å². The fraction of sp³-hybridized carbons (Fsp3) is 0.429. The third-order valence-corrected chi connectivity index (χ3v) is 4.29. The highest BCUT2D eigenvalue weighted by Crippen LogP contribution is 2.28. The molecule has 1 aromatic heterocycles. The van der Waals surface area contributed by atoms with E-state index < -0.39 is 0 Å². The number of amides is 1. The van der Waals surface area contributed by atoms with Crippen molar-refractivity contribution < 1.29 is 9.53 Å². The highest BCUT2D eigenvalue weighted by molar-refractivity contribution is 7.99. The molecule has 0 aliphatic heterocycles. The number of nitrogens with one attached hydrogen (secondary N) is 1. The van der Waals surface area contributed by atoms with Crippen LogP contribution in [0.3, 0.4) is 0 Å². The van der Waals surface area contributed by atoms with E-state index in [9.17, 15) is 4.79 Å². The normalized spacial score (nSPS) is 13.9. The number of hydrogen-bond acceptors (Lipinski definition) is 6. The number of tetrazole rings is 1. The molecule has 0 radical (unpaired) electrons. The first-order chi connectivity index (χ1) is 10.8. The molecule has 116 valence electrons. The third-order valence-electron chi connectivity index (χ3n) is 3.37. The monoisotopic (exact) mass is 319 g/mol. The van der Waals surface area contributed by atoms with Crippen LogP contribution < -0.4 is 10.1 Å². The number of ether oxygens (including phenoxy) is 1. The number of hydrogen-bond donors (Lipinski definition) is 1. The molecule has 0 saturated heterocycles. The Bertz CT molecular complexity index is 656. The second kappa shape index (κ2) is 6.78. The molecule has 1 aromatic carbocycles. The van der Waals surface area contributed by atoms with Crippen LogP contribution >= 0.6 is 11.8 Å². The molecule has 1 aliphatic rings. The SMILES string of the molecule is COc1ccccc1-n1nnnc1SCC(=O)NCC1CC1. The molecular formula is C14H17N5O2S. The minimum absolute atomic E-state index is 0.00600. The Morgan fingerprint density at radius 1 is 1.45 bits per heavy atom. The van der Waals surface area contributed by atoms with Gasteiger partial charge in [-0.1, -0.05) is 23.9 Å². The zero-order valence-electron chi connectivity index (χ0n) is 12.2. The number of methoxy groups -OCH3 is 1. The Morgan fingerprint density at radius 2 is 2.27 bits per heavy atom. The van der Waals surface area contributed by atoms with Crippen LogP contribution in [0, 0.1) is 5.92 Å². The van der Waals surface area contributed by atoms with Gasteiger partial charge in [0.2, 0.25) is 11.1 Å². The lowest BCUT2D eigenvalue weighted by Gasteiger charge is -2.09. The molecule has 3 rings (SSSR count). The minimum Gasteiger partial charge on any atom is -0.494 e. The van der Waals surface area contributed by atoms with E-state index in [0.717, 1.165) is 12.2 Å². The van der Waals surface area contributed by atoms with E-state index in [2.05, 4.69) is 20.8 Å². The number of aromatic nitrogens is 4. The molecule has 1 amide bonds. The Kier molecular flexibility index (Phi) is 4.57. The molecular weight excluding hydrogens is 302 g/mol. The lowest BCUT2D eigenvalue weighted by molar-refractivity contribution is -0.118. The zero-order chi connectivity index (χ0) is 15.4. The van der Waals surface area contributed by atoms with Crippen LogP contribution in [0.4, 0.5) is 0 Å². The largest absolute Gasteiger partial charge is 0.494 e. The summed E-state index contributed by atoms with van der Waals surface area (Å²) < 4.78 is 6.90. The summed E-state index contributed by atoms with van der Waals surface area (Å²) in [5.74, 6) is 1.65. The zero-order valence-corrected chi connectivity index (χ0v) is 13.0. The van der Waals surface area contributed by atoms with Gasteiger partial charge in [-0.05, 0) is 41.3 Å². The maximum Gasteiger partial charge on any atom is 0.230 e. The number of nitrogens with zero attached hydrogens (tertiary/aromatic N) is 4. The Hall–Kier alpha value is -2.09. The van der Waals surface area contributed by atoms with Gasteiger partial charge in [0.1, 0.15) is 11.4 Å². The van der Waals surface area contributed by atoms with E-state index in [4.69, 9.17) is 4.74 Å². The van der Waals surface area contributed by atoms with Crippen molar-refractivity contribution in [1.29, 1.82) is 0 Å². The summed E-state index contributed by atoms with van der Waals surface area (Å²) >= 11 is 1.31. The molecule has 0 unspecified atom stereocenters. The quantitative estimate of drug-likeness (QED) is 0.775. The minimum atomic E-state index is 0.00600. The lowest BCUT2D eigenvalue weighted by Crippen LogP contribution is -2.27. The second-order valence-corrected chi connectivity index (χ2v) is 6.02. The van der Waals surface area contributed by atoms with Gasteiger partial charge in [0.25, 0.3) is 0 Å². The summed E-state index contributed by atoms with van der Waals surface area (Å²) in [5.41, 5.74) is 0.746. The van der Waals surface area contributed by atoms with Crippen molar-refractivity contribution in [2.24, 2.45) is 5.92 Å². The van der Waals surface area contributed by atoms with Crippen molar-refractivity contribution in [3.05, 3.63) is 24.3 Å². The molecule has 7 nitrogen and oxygen atoms in total. The molecule has 1 saturated carbocycles. The maximum absolute atomic E-state index is 11.8. The van der Waals surface area contributed by atoms with Crippen LogP contribution in [0.15, 0.2) is 29.4 Å². The number of carbonyl (C=O) groups is 1. The number of thioether (sulfide) groups is 1. The molecule has 1 fully saturated rings. The van der Waals surface area contributed by atoms with Crippen LogP contribution in [0.25, 0.3) is 5.69 Å². The standard InChI is InChI=1S/C14H17N5O2S/c1-21-12-5-3-2-4-11(12)19-14(16-17-18-19)22-9-13(20)15-8-10-6-7-10/h2-5,10H,6-9H2,1H3,(H,15,20). The summed E-state index contributed by atoms with van der Waals surface area (Å²) in [6.07, 6.45) is 2.44. The first-order valence-electron chi connectivity index (χ1n) is 7.09. The third kappa shape index (κ3) is 3.56. The van der Waals surface area contributed by atoms with Gasteiger partial charge in [0.15, 0.2) is 0 Å². The molecule has 22 heavy (non-hydrogen) atoms. The highest BCUT2D eigenvalue weighted by atomic mass is 32.2. The first kappa shape index (κ1) is 14.8. The van der Waals surface area contributed by atoms with Crippen molar-refractivity contribution in [3.8, 4) is 11.4 Å². The molecule has 1 N–H and O–H groups in total. The van der Waals surface area contributed by atoms with Crippen LogP contribution in [0.2, 0.25) is 0 Å². The van der Waals surface area contributed by atoms with E-state index in [1.165, 1.54) is 24.6 Å². The fourth-order valence-corrected chi connectivity index (χ4v) is 2.70. The summed E-state index contributed by atoms with van der Waals surface area (Å²) in [6.45, 7) is 0.775. The molecule has 0 bridgehead atoms. The highest BCUT2D eigenvalue weighted by Gasteiger charge is 2.22. The number of para-hydroxylation sites is 2. The number of carbonyl (C=O) groups excluding carboxylic acids is 1. The molecule has 0 atom stereocenters. The van der Waals surface area contributed by atoms with Gasteiger partial charge in [0, 0.05) is 6.54 Å². The van der Waals surface area contributed by atoms with Crippen molar-refractivity contribution in [2.45, 2.75) is 18.0 Å².